The Balaban J connectivity index is 1.65. The van der Waals surface area contributed by atoms with Crippen molar-refractivity contribution in [3.63, 3.8) is 0 Å². The van der Waals surface area contributed by atoms with E-state index in [-0.39, 0.29) is 6.04 Å². The number of aromatic nitrogens is 1. The molecule has 3 aromatic carbocycles. The van der Waals surface area contributed by atoms with Crippen LogP contribution < -0.4 is 5.01 Å². The predicted molar refractivity (Wildman–Crippen MR) is 107 cm³/mol. The van der Waals surface area contributed by atoms with Crippen molar-refractivity contribution in [3.05, 3.63) is 78.4 Å². The van der Waals surface area contributed by atoms with Gasteiger partial charge in [0.05, 0.1) is 12.2 Å². The van der Waals surface area contributed by atoms with Crippen molar-refractivity contribution < 1.29 is 0 Å². The van der Waals surface area contributed by atoms with E-state index in [1.54, 1.807) is 0 Å². The second-order valence-corrected chi connectivity index (χ2v) is 6.65. The van der Waals surface area contributed by atoms with Crippen LogP contribution in [0.5, 0.6) is 0 Å². The molecule has 0 radical (unpaired) electrons. The highest BCUT2D eigenvalue weighted by atomic mass is 15.6. The summed E-state index contributed by atoms with van der Waals surface area (Å²) in [6.45, 7) is 3.85. The first-order valence-corrected chi connectivity index (χ1v) is 9.09. The molecule has 0 saturated heterocycles. The highest BCUT2D eigenvalue weighted by molar-refractivity contribution is 6.08. The largest absolute Gasteiger partial charge is 0.341 e. The van der Waals surface area contributed by atoms with Gasteiger partial charge in [-0.05, 0) is 42.8 Å². The summed E-state index contributed by atoms with van der Waals surface area (Å²) in [6, 6.07) is 25.9. The van der Waals surface area contributed by atoms with Crippen LogP contribution in [-0.2, 0) is 6.54 Å². The summed E-state index contributed by atoms with van der Waals surface area (Å²) in [7, 11) is 0. The fourth-order valence-corrected chi connectivity index (χ4v) is 4.00. The fourth-order valence-electron chi connectivity index (χ4n) is 4.00. The molecule has 0 saturated carbocycles. The molecule has 1 aliphatic heterocycles. The first-order valence-electron chi connectivity index (χ1n) is 9.09. The van der Waals surface area contributed by atoms with Gasteiger partial charge in [-0.1, -0.05) is 47.7 Å². The number of aryl methyl sites for hydroxylation is 1. The van der Waals surface area contributed by atoms with E-state index in [0.717, 1.165) is 12.2 Å². The van der Waals surface area contributed by atoms with Gasteiger partial charge in [0.1, 0.15) is 6.04 Å². The number of hydrogen-bond acceptors (Lipinski definition) is 3. The molecule has 4 nitrogen and oxygen atoms in total. The van der Waals surface area contributed by atoms with Crippen LogP contribution in [-0.4, -0.2) is 11.1 Å². The first-order chi connectivity index (χ1) is 12.9. The maximum atomic E-state index is 4.38. The van der Waals surface area contributed by atoms with E-state index >= 15 is 0 Å². The van der Waals surface area contributed by atoms with Gasteiger partial charge < -0.3 is 4.57 Å². The molecule has 4 aromatic rings. The van der Waals surface area contributed by atoms with Crippen LogP contribution in [0.3, 0.4) is 0 Å². The van der Waals surface area contributed by atoms with Gasteiger partial charge in [-0.15, -0.1) is 0 Å². The summed E-state index contributed by atoms with van der Waals surface area (Å²) in [5.41, 5.74) is 4.92. The highest BCUT2D eigenvalue weighted by Crippen LogP contribution is 2.36. The second kappa shape index (κ2) is 5.99. The number of nitrogens with zero attached hydrogens (tertiary/aromatic N) is 4. The third-order valence-corrected chi connectivity index (χ3v) is 5.23. The first kappa shape index (κ1) is 15.1. The lowest BCUT2D eigenvalue weighted by Crippen LogP contribution is -2.20. The van der Waals surface area contributed by atoms with Crippen molar-refractivity contribution in [2.75, 3.05) is 11.6 Å². The molecule has 0 aliphatic carbocycles. The topological polar surface area (TPSA) is 32.9 Å². The van der Waals surface area contributed by atoms with Crippen LogP contribution in [0.1, 0.15) is 18.5 Å². The van der Waals surface area contributed by atoms with Gasteiger partial charge in [-0.2, -0.15) is 5.11 Å². The van der Waals surface area contributed by atoms with Crippen molar-refractivity contribution >= 4 is 27.5 Å². The molecule has 1 aromatic heterocycles. The van der Waals surface area contributed by atoms with Crippen molar-refractivity contribution in [1.82, 2.24) is 4.57 Å². The quantitative estimate of drug-likeness (QED) is 0.468. The molecule has 26 heavy (non-hydrogen) atoms. The number of fused-ring (bicyclic) bond motifs is 3. The molecule has 128 valence electrons. The van der Waals surface area contributed by atoms with Crippen LogP contribution >= 0.6 is 0 Å². The van der Waals surface area contributed by atoms with Crippen LogP contribution in [0, 0.1) is 0 Å². The zero-order valence-electron chi connectivity index (χ0n) is 14.7. The summed E-state index contributed by atoms with van der Waals surface area (Å²) in [5.74, 6) is 0. The Kier molecular flexibility index (Phi) is 3.49. The van der Waals surface area contributed by atoms with Crippen LogP contribution in [0.4, 0.5) is 5.69 Å². The maximum absolute atomic E-state index is 4.38. The van der Waals surface area contributed by atoms with Gasteiger partial charge in [0.15, 0.2) is 0 Å². The minimum absolute atomic E-state index is 0.144. The van der Waals surface area contributed by atoms with Crippen molar-refractivity contribution in [1.29, 1.82) is 0 Å². The number of benzene rings is 3. The third kappa shape index (κ3) is 2.22. The normalized spacial score (nSPS) is 16.8. The van der Waals surface area contributed by atoms with Gasteiger partial charge in [0.25, 0.3) is 0 Å². The van der Waals surface area contributed by atoms with Crippen LogP contribution in [0.25, 0.3) is 21.8 Å². The van der Waals surface area contributed by atoms with E-state index < -0.39 is 0 Å². The Bertz CT molecular complexity index is 1110. The molecular weight excluding hydrogens is 320 g/mol. The number of anilines is 1. The summed E-state index contributed by atoms with van der Waals surface area (Å²) < 4.78 is 2.38. The molecule has 0 amide bonds. The summed E-state index contributed by atoms with van der Waals surface area (Å²) >= 11 is 0. The zero-order valence-corrected chi connectivity index (χ0v) is 14.7. The summed E-state index contributed by atoms with van der Waals surface area (Å²) in [4.78, 5) is 0. The molecular formula is C22H20N4. The Morgan fingerprint density at radius 3 is 2.50 bits per heavy atom. The zero-order chi connectivity index (χ0) is 17.5. The van der Waals surface area contributed by atoms with E-state index in [1.165, 1.54) is 27.4 Å². The fraction of sp³-hybridized carbons (Fsp3) is 0.182. The van der Waals surface area contributed by atoms with E-state index in [2.05, 4.69) is 76.4 Å². The third-order valence-electron chi connectivity index (χ3n) is 5.23. The SMILES string of the molecule is CCn1c2ccccc2c2cc(C3CN=NN3c3ccccc3)ccc21. The van der Waals surface area contributed by atoms with Crippen molar-refractivity contribution in [2.45, 2.75) is 19.5 Å². The maximum Gasteiger partial charge on any atom is 0.101 e. The van der Waals surface area contributed by atoms with E-state index in [4.69, 9.17) is 0 Å². The van der Waals surface area contributed by atoms with Gasteiger partial charge in [0.2, 0.25) is 0 Å². The minimum Gasteiger partial charge on any atom is -0.341 e. The lowest BCUT2D eigenvalue weighted by atomic mass is 10.0. The van der Waals surface area contributed by atoms with E-state index in [1.807, 2.05) is 23.2 Å². The Hall–Kier alpha value is -3.14. The van der Waals surface area contributed by atoms with Crippen LogP contribution in [0.2, 0.25) is 0 Å². The Labute approximate surface area is 152 Å². The number of hydrogen-bond donors (Lipinski definition) is 0. The minimum atomic E-state index is 0.144. The average Bonchev–Trinajstić information content (AvgIpc) is 3.31. The smallest absolute Gasteiger partial charge is 0.101 e. The molecule has 1 aliphatic rings. The standard InChI is InChI=1S/C22H20N4/c1-2-25-20-11-7-6-10-18(20)19-14-16(12-13-21(19)25)22-15-23-24-26(22)17-8-4-3-5-9-17/h3-14,22H,2,15H2,1H3. The monoisotopic (exact) mass is 340 g/mol. The van der Waals surface area contributed by atoms with Crippen molar-refractivity contribution in [2.24, 2.45) is 10.3 Å². The van der Waals surface area contributed by atoms with Gasteiger partial charge >= 0.3 is 0 Å². The molecule has 5 rings (SSSR count). The highest BCUT2D eigenvalue weighted by Gasteiger charge is 2.26. The van der Waals surface area contributed by atoms with Gasteiger partial charge in [0, 0.05) is 28.4 Å². The molecule has 0 bridgehead atoms. The molecule has 0 spiro atoms. The van der Waals surface area contributed by atoms with Crippen LogP contribution in [0.15, 0.2) is 83.1 Å². The van der Waals surface area contributed by atoms with E-state index in [0.29, 0.717) is 6.54 Å². The Morgan fingerprint density at radius 1 is 0.885 bits per heavy atom. The Morgan fingerprint density at radius 2 is 1.65 bits per heavy atom. The average molecular weight is 340 g/mol. The molecule has 2 heterocycles. The molecule has 1 unspecified atom stereocenters. The molecule has 0 N–H and O–H groups in total. The van der Waals surface area contributed by atoms with Crippen molar-refractivity contribution in [3.8, 4) is 0 Å². The number of rotatable bonds is 3. The predicted octanol–water partition coefficient (Wildman–Crippen LogP) is 5.74. The van der Waals surface area contributed by atoms with E-state index in [9.17, 15) is 0 Å². The summed E-state index contributed by atoms with van der Waals surface area (Å²) in [6.07, 6.45) is 0. The number of para-hydroxylation sites is 2. The molecule has 4 heteroatoms. The lowest BCUT2D eigenvalue weighted by Gasteiger charge is -2.22. The molecule has 1 atom stereocenters. The lowest BCUT2D eigenvalue weighted by molar-refractivity contribution is 0.733. The van der Waals surface area contributed by atoms with Gasteiger partial charge in [-0.25, -0.2) is 5.01 Å². The molecule has 0 fully saturated rings. The summed E-state index contributed by atoms with van der Waals surface area (Å²) in [5, 5.41) is 13.3. The van der Waals surface area contributed by atoms with Gasteiger partial charge in [-0.3, -0.25) is 0 Å². The second-order valence-electron chi connectivity index (χ2n) is 6.65.